The van der Waals surface area contributed by atoms with Crippen LogP contribution in [0.3, 0.4) is 0 Å². The molecule has 1 heterocycles. The molecule has 5 heteroatoms. The van der Waals surface area contributed by atoms with Crippen LogP contribution in [0.5, 0.6) is 5.75 Å². The van der Waals surface area contributed by atoms with Gasteiger partial charge in [-0.1, -0.05) is 41.4 Å². The van der Waals surface area contributed by atoms with E-state index in [9.17, 15) is 9.59 Å². The van der Waals surface area contributed by atoms with Crippen molar-refractivity contribution >= 4 is 28.5 Å². The molecule has 2 aromatic carbocycles. The molecular weight excluding hydrogens is 364 g/mol. The first-order chi connectivity index (χ1) is 12.6. The van der Waals surface area contributed by atoms with Gasteiger partial charge in [0.2, 0.25) is 11.2 Å². The molecule has 3 aromatic rings. The molecule has 0 bridgehead atoms. The third kappa shape index (κ3) is 3.76. The highest BCUT2D eigenvalue weighted by Crippen LogP contribution is 2.34. The average Bonchev–Trinajstić information content (AvgIpc) is 2.59. The van der Waals surface area contributed by atoms with E-state index in [1.807, 2.05) is 38.1 Å². The summed E-state index contributed by atoms with van der Waals surface area (Å²) < 4.78 is 11.5. The van der Waals surface area contributed by atoms with Crippen molar-refractivity contribution in [2.45, 2.75) is 34.6 Å². The lowest BCUT2D eigenvalue weighted by molar-refractivity contribution is -0.143. The second-order valence-corrected chi connectivity index (χ2v) is 8.10. The highest BCUT2D eigenvalue weighted by molar-refractivity contribution is 6.32. The van der Waals surface area contributed by atoms with E-state index < -0.39 is 16.8 Å². The van der Waals surface area contributed by atoms with Crippen LogP contribution in [0.4, 0.5) is 0 Å². The summed E-state index contributed by atoms with van der Waals surface area (Å²) in [5.41, 5.74) is 1.72. The molecule has 0 amide bonds. The van der Waals surface area contributed by atoms with Crippen LogP contribution in [0.1, 0.15) is 31.9 Å². The number of halogens is 1. The number of ether oxygens (including phenoxy) is 1. The maximum absolute atomic E-state index is 13.1. The molecule has 3 rings (SSSR count). The summed E-state index contributed by atoms with van der Waals surface area (Å²) in [4.78, 5) is 25.6. The largest absolute Gasteiger partial charge is 0.452 e. The van der Waals surface area contributed by atoms with Crippen molar-refractivity contribution in [1.82, 2.24) is 0 Å². The van der Waals surface area contributed by atoms with Crippen LogP contribution in [0.25, 0.3) is 22.3 Å². The monoisotopic (exact) mass is 384 g/mol. The number of aryl methyl sites for hydroxylation is 2. The number of esters is 1. The van der Waals surface area contributed by atoms with Gasteiger partial charge in [0.25, 0.3) is 0 Å². The molecule has 4 nitrogen and oxygen atoms in total. The summed E-state index contributed by atoms with van der Waals surface area (Å²) in [7, 11) is 0. The van der Waals surface area contributed by atoms with Crippen molar-refractivity contribution in [1.29, 1.82) is 0 Å². The predicted octanol–water partition coefficient (Wildman–Crippen LogP) is 5.68. The smallest absolute Gasteiger partial charge is 0.316 e. The van der Waals surface area contributed by atoms with Gasteiger partial charge in [0, 0.05) is 10.6 Å². The van der Waals surface area contributed by atoms with Crippen molar-refractivity contribution < 1.29 is 13.9 Å². The summed E-state index contributed by atoms with van der Waals surface area (Å²) >= 11 is 6.18. The Hall–Kier alpha value is -2.59. The van der Waals surface area contributed by atoms with Crippen molar-refractivity contribution in [2.24, 2.45) is 5.41 Å². The summed E-state index contributed by atoms with van der Waals surface area (Å²) in [6, 6.07) is 10.7. The molecule has 0 unspecified atom stereocenters. The minimum absolute atomic E-state index is 0.119. The molecule has 27 heavy (non-hydrogen) atoms. The predicted molar refractivity (Wildman–Crippen MR) is 107 cm³/mol. The highest BCUT2D eigenvalue weighted by Gasteiger charge is 2.28. The Morgan fingerprint density at radius 1 is 1.07 bits per heavy atom. The van der Waals surface area contributed by atoms with E-state index in [4.69, 9.17) is 20.8 Å². The number of hydrogen-bond donors (Lipinski definition) is 0. The molecular formula is C22H21ClO4. The number of carbonyl (C=O) groups excluding carboxylic acids is 1. The van der Waals surface area contributed by atoms with Crippen LogP contribution in [0.15, 0.2) is 45.6 Å². The normalized spacial score (nSPS) is 11.6. The number of fused-ring (bicyclic) bond motifs is 1. The lowest BCUT2D eigenvalue weighted by atomic mass is 9.97. The van der Waals surface area contributed by atoms with E-state index in [-0.39, 0.29) is 16.9 Å². The second kappa shape index (κ2) is 6.86. The van der Waals surface area contributed by atoms with Gasteiger partial charge in [-0.2, -0.15) is 0 Å². The molecule has 0 aliphatic rings. The molecule has 0 aliphatic carbocycles. The standard InChI is InChI=1S/C22H21ClO4/c1-12-6-8-14(9-7-12)19-20(27-21(25)22(3,4)5)18(24)15-11-16(23)13(2)10-17(15)26-19/h6-11H,1-5H3. The summed E-state index contributed by atoms with van der Waals surface area (Å²) in [6.07, 6.45) is 0. The first-order valence-corrected chi connectivity index (χ1v) is 9.02. The Labute approximate surface area is 162 Å². The van der Waals surface area contributed by atoms with E-state index in [1.165, 1.54) is 0 Å². The first kappa shape index (κ1) is 19.2. The fourth-order valence-corrected chi connectivity index (χ4v) is 2.70. The average molecular weight is 385 g/mol. The van der Waals surface area contributed by atoms with E-state index in [0.29, 0.717) is 16.2 Å². The van der Waals surface area contributed by atoms with Crippen LogP contribution >= 0.6 is 11.6 Å². The van der Waals surface area contributed by atoms with Gasteiger partial charge in [-0.15, -0.1) is 0 Å². The molecule has 0 saturated heterocycles. The second-order valence-electron chi connectivity index (χ2n) is 7.69. The molecule has 0 N–H and O–H groups in total. The Morgan fingerprint density at radius 2 is 1.70 bits per heavy atom. The summed E-state index contributed by atoms with van der Waals surface area (Å²) in [5, 5.41) is 0.726. The van der Waals surface area contributed by atoms with Crippen LogP contribution in [-0.2, 0) is 4.79 Å². The fourth-order valence-electron chi connectivity index (χ4n) is 2.53. The van der Waals surface area contributed by atoms with Gasteiger partial charge in [-0.25, -0.2) is 0 Å². The number of carbonyl (C=O) groups is 1. The summed E-state index contributed by atoms with van der Waals surface area (Å²) in [5.74, 6) is -0.404. The number of benzene rings is 2. The fraction of sp³-hybridized carbons (Fsp3) is 0.273. The lowest BCUT2D eigenvalue weighted by Gasteiger charge is -2.18. The van der Waals surface area contributed by atoms with Gasteiger partial charge < -0.3 is 9.15 Å². The van der Waals surface area contributed by atoms with Gasteiger partial charge in [0.1, 0.15) is 5.58 Å². The third-order valence-electron chi connectivity index (χ3n) is 4.25. The zero-order valence-electron chi connectivity index (χ0n) is 16.0. The molecule has 0 radical (unpaired) electrons. The van der Waals surface area contributed by atoms with Crippen LogP contribution in [0.2, 0.25) is 5.02 Å². The highest BCUT2D eigenvalue weighted by atomic mass is 35.5. The van der Waals surface area contributed by atoms with Crippen LogP contribution in [-0.4, -0.2) is 5.97 Å². The Morgan fingerprint density at radius 3 is 2.30 bits per heavy atom. The maximum atomic E-state index is 13.1. The Kier molecular flexibility index (Phi) is 4.87. The number of hydrogen-bond acceptors (Lipinski definition) is 4. The number of rotatable bonds is 2. The Bertz CT molecular complexity index is 1090. The van der Waals surface area contributed by atoms with E-state index in [0.717, 1.165) is 11.1 Å². The molecule has 0 spiro atoms. The van der Waals surface area contributed by atoms with Crippen molar-refractivity contribution in [3.8, 4) is 17.1 Å². The molecule has 1 aromatic heterocycles. The van der Waals surface area contributed by atoms with E-state index in [2.05, 4.69) is 0 Å². The van der Waals surface area contributed by atoms with E-state index in [1.54, 1.807) is 32.9 Å². The third-order valence-corrected chi connectivity index (χ3v) is 4.66. The molecule has 0 fully saturated rings. The van der Waals surface area contributed by atoms with Gasteiger partial charge in [-0.05, 0) is 52.3 Å². The topological polar surface area (TPSA) is 56.5 Å². The zero-order chi connectivity index (χ0) is 19.9. The molecule has 0 atom stereocenters. The van der Waals surface area contributed by atoms with Crippen molar-refractivity contribution in [3.05, 3.63) is 62.8 Å². The van der Waals surface area contributed by atoms with Gasteiger partial charge in [0.15, 0.2) is 5.76 Å². The minimum Gasteiger partial charge on any atom is -0.452 e. The van der Waals surface area contributed by atoms with Crippen molar-refractivity contribution in [3.63, 3.8) is 0 Å². The zero-order valence-corrected chi connectivity index (χ0v) is 16.7. The Balaban J connectivity index is 2.31. The molecule has 140 valence electrons. The quantitative estimate of drug-likeness (QED) is 0.533. The lowest BCUT2D eigenvalue weighted by Crippen LogP contribution is -2.28. The van der Waals surface area contributed by atoms with Gasteiger partial charge in [0.05, 0.1) is 10.8 Å². The van der Waals surface area contributed by atoms with Gasteiger partial charge >= 0.3 is 5.97 Å². The van der Waals surface area contributed by atoms with E-state index >= 15 is 0 Å². The first-order valence-electron chi connectivity index (χ1n) is 8.64. The molecule has 0 aliphatic heterocycles. The minimum atomic E-state index is -0.767. The van der Waals surface area contributed by atoms with Crippen LogP contribution < -0.4 is 10.2 Å². The summed E-state index contributed by atoms with van der Waals surface area (Å²) in [6.45, 7) is 8.98. The van der Waals surface area contributed by atoms with Crippen LogP contribution in [0, 0.1) is 19.3 Å². The molecule has 0 saturated carbocycles. The maximum Gasteiger partial charge on any atom is 0.316 e. The SMILES string of the molecule is Cc1ccc(-c2oc3cc(C)c(Cl)cc3c(=O)c2OC(=O)C(C)(C)C)cc1. The van der Waals surface area contributed by atoms with Crippen molar-refractivity contribution in [2.75, 3.05) is 0 Å². The van der Waals surface area contributed by atoms with Gasteiger partial charge in [-0.3, -0.25) is 9.59 Å².